The summed E-state index contributed by atoms with van der Waals surface area (Å²) in [4.78, 5) is 16.8. The summed E-state index contributed by atoms with van der Waals surface area (Å²) in [6.45, 7) is 2.50. The molecule has 2 heterocycles. The zero-order chi connectivity index (χ0) is 22.7. The van der Waals surface area contributed by atoms with Crippen LogP contribution < -0.4 is 10.1 Å². The number of hydrogen-bond donors (Lipinski definition) is 1. The summed E-state index contributed by atoms with van der Waals surface area (Å²) in [6, 6.07) is 13.3. The lowest BCUT2D eigenvalue weighted by Crippen LogP contribution is -2.17. The lowest BCUT2D eigenvalue weighted by molar-refractivity contribution is -0.115. The van der Waals surface area contributed by atoms with E-state index in [2.05, 4.69) is 10.3 Å². The molecule has 4 rings (SSSR count). The van der Waals surface area contributed by atoms with Crippen molar-refractivity contribution in [2.45, 2.75) is 18.2 Å². The Morgan fingerprint density at radius 1 is 1.19 bits per heavy atom. The predicted octanol–water partition coefficient (Wildman–Crippen LogP) is 5.41. The minimum Gasteiger partial charge on any atom is -0.494 e. The third-order valence-electron chi connectivity index (χ3n) is 4.57. The third kappa shape index (κ3) is 5.12. The number of sulfone groups is 1. The van der Waals surface area contributed by atoms with E-state index < -0.39 is 15.7 Å². The van der Waals surface area contributed by atoms with Gasteiger partial charge in [0.05, 0.1) is 17.3 Å². The van der Waals surface area contributed by atoms with Crippen LogP contribution in [0.3, 0.4) is 0 Å². The first-order chi connectivity index (χ1) is 15.3. The van der Waals surface area contributed by atoms with Crippen molar-refractivity contribution in [1.29, 1.82) is 0 Å². The van der Waals surface area contributed by atoms with Crippen molar-refractivity contribution in [3.05, 3.63) is 58.9 Å². The molecule has 1 amide bonds. The molecule has 2 aromatic heterocycles. The number of halogens is 1. The first-order valence-electron chi connectivity index (χ1n) is 9.74. The molecule has 0 radical (unpaired) electrons. The number of furan rings is 1. The summed E-state index contributed by atoms with van der Waals surface area (Å²) in [5.74, 6) is 0.571. The van der Waals surface area contributed by atoms with Gasteiger partial charge in [-0.1, -0.05) is 11.6 Å². The first kappa shape index (κ1) is 22.3. The summed E-state index contributed by atoms with van der Waals surface area (Å²) in [5, 5.41) is 6.11. The van der Waals surface area contributed by atoms with Crippen molar-refractivity contribution in [3.8, 4) is 17.2 Å². The van der Waals surface area contributed by atoms with E-state index in [1.165, 1.54) is 35.6 Å². The van der Waals surface area contributed by atoms with E-state index in [0.717, 1.165) is 11.1 Å². The average Bonchev–Trinajstić information content (AvgIpc) is 3.39. The van der Waals surface area contributed by atoms with Crippen LogP contribution in [0.5, 0.6) is 5.75 Å². The Kier molecular flexibility index (Phi) is 6.50. The van der Waals surface area contributed by atoms with Crippen LogP contribution in [0.2, 0.25) is 5.02 Å². The molecule has 0 saturated heterocycles. The van der Waals surface area contributed by atoms with Gasteiger partial charge in [-0.15, -0.1) is 11.3 Å². The standard InChI is InChI=1S/C22H19ClN2O5S2/c1-2-29-16-5-8-19-14(11-16)12-20(30-19)18-13-31-22(24-18)25-21(26)9-10-32(27,28)17-6-3-15(23)4-7-17/h3-8,11-13H,2,9-10H2,1H3,(H,24,25,26). The molecular weight excluding hydrogens is 472 g/mol. The van der Waals surface area contributed by atoms with Gasteiger partial charge >= 0.3 is 0 Å². The van der Waals surface area contributed by atoms with Crippen LogP contribution in [-0.2, 0) is 14.6 Å². The Morgan fingerprint density at radius 2 is 1.97 bits per heavy atom. The van der Waals surface area contributed by atoms with Gasteiger partial charge in [0.1, 0.15) is 17.0 Å². The van der Waals surface area contributed by atoms with Gasteiger partial charge in [0.2, 0.25) is 5.91 Å². The molecule has 0 aliphatic rings. The number of hydrogen-bond acceptors (Lipinski definition) is 7. The number of benzene rings is 2. The maximum absolute atomic E-state index is 12.4. The highest BCUT2D eigenvalue weighted by Crippen LogP contribution is 2.32. The Balaban J connectivity index is 1.40. The lowest BCUT2D eigenvalue weighted by atomic mass is 10.2. The van der Waals surface area contributed by atoms with Gasteiger partial charge in [0.25, 0.3) is 0 Å². The number of nitrogens with one attached hydrogen (secondary N) is 1. The topological polar surface area (TPSA) is 98.5 Å². The predicted molar refractivity (Wildman–Crippen MR) is 125 cm³/mol. The van der Waals surface area contributed by atoms with Gasteiger partial charge in [0, 0.05) is 22.2 Å². The number of aromatic nitrogens is 1. The van der Waals surface area contributed by atoms with E-state index in [-0.39, 0.29) is 17.1 Å². The molecule has 7 nitrogen and oxygen atoms in total. The normalized spacial score (nSPS) is 11.6. The third-order valence-corrected chi connectivity index (χ3v) is 7.31. The fourth-order valence-electron chi connectivity index (χ4n) is 3.02. The number of rotatable bonds is 8. The quantitative estimate of drug-likeness (QED) is 0.354. The minimum absolute atomic E-state index is 0.128. The maximum Gasteiger partial charge on any atom is 0.227 e. The Morgan fingerprint density at radius 3 is 2.72 bits per heavy atom. The Hall–Kier alpha value is -2.88. The molecule has 10 heteroatoms. The number of thiazole rings is 1. The van der Waals surface area contributed by atoms with Crippen molar-refractivity contribution < 1.29 is 22.4 Å². The summed E-state index contributed by atoms with van der Waals surface area (Å²) in [6.07, 6.45) is -0.190. The van der Waals surface area contributed by atoms with Gasteiger partial charge < -0.3 is 14.5 Å². The second-order valence-corrected chi connectivity index (χ2v) is 10.3. The molecule has 0 aliphatic heterocycles. The fourth-order valence-corrected chi connectivity index (χ4v) is 5.10. The Labute approximate surface area is 193 Å². The Bertz CT molecular complexity index is 1360. The molecule has 0 aliphatic carbocycles. The number of carbonyl (C=O) groups is 1. The molecule has 32 heavy (non-hydrogen) atoms. The monoisotopic (exact) mass is 490 g/mol. The number of anilines is 1. The van der Waals surface area contributed by atoms with Crippen LogP contribution in [0.15, 0.2) is 63.2 Å². The van der Waals surface area contributed by atoms with Crippen LogP contribution in [-0.4, -0.2) is 31.7 Å². The smallest absolute Gasteiger partial charge is 0.227 e. The summed E-state index contributed by atoms with van der Waals surface area (Å²) >= 11 is 7.02. The number of amides is 1. The summed E-state index contributed by atoms with van der Waals surface area (Å²) in [7, 11) is -3.59. The number of ether oxygens (including phenoxy) is 1. The number of nitrogens with zero attached hydrogens (tertiary/aromatic N) is 1. The number of fused-ring (bicyclic) bond motifs is 1. The molecular formula is C22H19ClN2O5S2. The molecule has 0 unspecified atom stereocenters. The molecule has 0 bridgehead atoms. The molecule has 1 N–H and O–H groups in total. The minimum atomic E-state index is -3.59. The number of carbonyl (C=O) groups excluding carboxylic acids is 1. The van der Waals surface area contributed by atoms with E-state index in [9.17, 15) is 13.2 Å². The van der Waals surface area contributed by atoms with E-state index >= 15 is 0 Å². The van der Waals surface area contributed by atoms with Gasteiger partial charge in [-0.3, -0.25) is 4.79 Å². The zero-order valence-corrected chi connectivity index (χ0v) is 19.4. The van der Waals surface area contributed by atoms with Gasteiger partial charge in [-0.2, -0.15) is 0 Å². The van der Waals surface area contributed by atoms with Crippen LogP contribution >= 0.6 is 22.9 Å². The molecule has 0 saturated carbocycles. The SMILES string of the molecule is CCOc1ccc2oc(-c3csc(NC(=O)CCS(=O)(=O)c4ccc(Cl)cc4)n3)cc2c1. The van der Waals surface area contributed by atoms with E-state index in [1.807, 2.05) is 31.2 Å². The molecule has 0 fully saturated rings. The van der Waals surface area contributed by atoms with E-state index in [4.69, 9.17) is 20.8 Å². The van der Waals surface area contributed by atoms with Crippen molar-refractivity contribution in [1.82, 2.24) is 4.98 Å². The molecule has 0 spiro atoms. The van der Waals surface area contributed by atoms with E-state index in [1.54, 1.807) is 5.38 Å². The van der Waals surface area contributed by atoms with Crippen LogP contribution in [0.25, 0.3) is 22.4 Å². The zero-order valence-electron chi connectivity index (χ0n) is 17.0. The molecule has 0 atom stereocenters. The maximum atomic E-state index is 12.4. The second-order valence-electron chi connectivity index (χ2n) is 6.85. The fraction of sp³-hybridized carbons (Fsp3) is 0.182. The molecule has 166 valence electrons. The second kappa shape index (κ2) is 9.32. The highest BCUT2D eigenvalue weighted by atomic mass is 35.5. The first-order valence-corrected chi connectivity index (χ1v) is 12.7. The van der Waals surface area contributed by atoms with Crippen molar-refractivity contribution in [2.75, 3.05) is 17.7 Å². The van der Waals surface area contributed by atoms with Gasteiger partial charge in [-0.05, 0) is 55.5 Å². The summed E-state index contributed by atoms with van der Waals surface area (Å²) in [5.41, 5.74) is 1.28. The average molecular weight is 491 g/mol. The highest BCUT2D eigenvalue weighted by molar-refractivity contribution is 7.91. The largest absolute Gasteiger partial charge is 0.494 e. The van der Waals surface area contributed by atoms with Gasteiger partial charge in [-0.25, -0.2) is 13.4 Å². The van der Waals surface area contributed by atoms with Crippen LogP contribution in [0.1, 0.15) is 13.3 Å². The van der Waals surface area contributed by atoms with Crippen molar-refractivity contribution in [3.63, 3.8) is 0 Å². The van der Waals surface area contributed by atoms with Gasteiger partial charge in [0.15, 0.2) is 20.7 Å². The van der Waals surface area contributed by atoms with E-state index in [0.29, 0.717) is 33.8 Å². The van der Waals surface area contributed by atoms with Crippen molar-refractivity contribution in [2.24, 2.45) is 0 Å². The highest BCUT2D eigenvalue weighted by Gasteiger charge is 2.18. The van der Waals surface area contributed by atoms with Crippen LogP contribution in [0, 0.1) is 0 Å². The lowest BCUT2D eigenvalue weighted by Gasteiger charge is -2.05. The molecule has 2 aromatic carbocycles. The summed E-state index contributed by atoms with van der Waals surface area (Å²) < 4.78 is 36.1. The van der Waals surface area contributed by atoms with Crippen LogP contribution in [0.4, 0.5) is 5.13 Å². The van der Waals surface area contributed by atoms with Crippen molar-refractivity contribution >= 4 is 54.8 Å². The molecule has 4 aromatic rings.